The molecular weight excluding hydrogens is 317 g/mol. The Labute approximate surface area is 136 Å². The van der Waals surface area contributed by atoms with Crippen molar-refractivity contribution in [1.82, 2.24) is 4.72 Å². The van der Waals surface area contributed by atoms with E-state index in [-0.39, 0.29) is 10.6 Å². The van der Waals surface area contributed by atoms with E-state index in [0.717, 1.165) is 17.7 Å². The zero-order valence-electron chi connectivity index (χ0n) is 13.3. The quantitative estimate of drug-likeness (QED) is 0.881. The number of nitrogens with one attached hydrogen (secondary N) is 1. The number of hydrogen-bond acceptors (Lipinski definition) is 3. The third-order valence-corrected chi connectivity index (χ3v) is 5.03. The van der Waals surface area contributed by atoms with Gasteiger partial charge >= 0.3 is 0 Å². The molecule has 0 saturated heterocycles. The standard InChI is InChI=1S/C17H20FNO3S/c1-17(2,12-13-7-5-4-6-8-13)19-23(20,21)16-11-14(18)9-10-15(16)22-3/h4-11,19H,12H2,1-3H3. The van der Waals surface area contributed by atoms with E-state index in [1.165, 1.54) is 13.2 Å². The van der Waals surface area contributed by atoms with Gasteiger partial charge in [0.1, 0.15) is 16.5 Å². The van der Waals surface area contributed by atoms with E-state index in [9.17, 15) is 12.8 Å². The minimum atomic E-state index is -3.92. The van der Waals surface area contributed by atoms with Gasteiger partial charge in [0, 0.05) is 5.54 Å². The van der Waals surface area contributed by atoms with Gasteiger partial charge in [-0.15, -0.1) is 0 Å². The van der Waals surface area contributed by atoms with Crippen LogP contribution in [0.25, 0.3) is 0 Å². The van der Waals surface area contributed by atoms with Gasteiger partial charge in [0.05, 0.1) is 7.11 Å². The van der Waals surface area contributed by atoms with Gasteiger partial charge in [0.15, 0.2) is 0 Å². The Morgan fingerprint density at radius 3 is 2.39 bits per heavy atom. The summed E-state index contributed by atoms with van der Waals surface area (Å²) >= 11 is 0. The predicted molar refractivity (Wildman–Crippen MR) is 87.5 cm³/mol. The molecule has 0 spiro atoms. The Morgan fingerprint density at radius 2 is 1.78 bits per heavy atom. The van der Waals surface area contributed by atoms with Crippen LogP contribution in [0.1, 0.15) is 19.4 Å². The molecule has 0 aliphatic heterocycles. The first kappa shape index (κ1) is 17.4. The molecule has 0 atom stereocenters. The van der Waals surface area contributed by atoms with Crippen molar-refractivity contribution in [2.45, 2.75) is 30.7 Å². The highest BCUT2D eigenvalue weighted by Crippen LogP contribution is 2.26. The Morgan fingerprint density at radius 1 is 1.13 bits per heavy atom. The topological polar surface area (TPSA) is 55.4 Å². The summed E-state index contributed by atoms with van der Waals surface area (Å²) in [6.07, 6.45) is 0.505. The number of benzene rings is 2. The van der Waals surface area contributed by atoms with E-state index in [4.69, 9.17) is 4.74 Å². The lowest BCUT2D eigenvalue weighted by atomic mass is 9.96. The lowest BCUT2D eigenvalue weighted by molar-refractivity contribution is 0.398. The molecule has 6 heteroatoms. The monoisotopic (exact) mass is 337 g/mol. The van der Waals surface area contributed by atoms with Gasteiger partial charge in [-0.2, -0.15) is 0 Å². The summed E-state index contributed by atoms with van der Waals surface area (Å²) in [6, 6.07) is 13.0. The number of sulfonamides is 1. The molecule has 0 heterocycles. The normalized spacial score (nSPS) is 12.2. The molecule has 0 aliphatic carbocycles. The number of rotatable bonds is 6. The highest BCUT2D eigenvalue weighted by atomic mass is 32.2. The van der Waals surface area contributed by atoms with E-state index < -0.39 is 21.4 Å². The summed E-state index contributed by atoms with van der Waals surface area (Å²) in [5.41, 5.74) is 0.267. The van der Waals surface area contributed by atoms with E-state index in [1.54, 1.807) is 13.8 Å². The summed E-state index contributed by atoms with van der Waals surface area (Å²) in [7, 11) is -2.57. The second kappa shape index (κ2) is 6.68. The highest BCUT2D eigenvalue weighted by molar-refractivity contribution is 7.89. The van der Waals surface area contributed by atoms with Gasteiger partial charge in [-0.25, -0.2) is 17.5 Å². The van der Waals surface area contributed by atoms with Gasteiger partial charge in [-0.05, 0) is 44.0 Å². The summed E-state index contributed by atoms with van der Waals surface area (Å²) in [5, 5.41) is 0. The fourth-order valence-corrected chi connectivity index (χ4v) is 4.02. The first-order valence-corrected chi connectivity index (χ1v) is 8.63. The fraction of sp³-hybridized carbons (Fsp3) is 0.294. The average molecular weight is 337 g/mol. The molecule has 4 nitrogen and oxygen atoms in total. The van der Waals surface area contributed by atoms with E-state index in [1.807, 2.05) is 30.3 Å². The van der Waals surface area contributed by atoms with Crippen LogP contribution in [0.5, 0.6) is 5.75 Å². The van der Waals surface area contributed by atoms with Gasteiger partial charge in [-0.1, -0.05) is 30.3 Å². The van der Waals surface area contributed by atoms with Crippen LogP contribution in [0, 0.1) is 5.82 Å². The minimum absolute atomic E-state index is 0.106. The molecule has 0 unspecified atom stereocenters. The largest absolute Gasteiger partial charge is 0.495 e. The molecule has 124 valence electrons. The van der Waals surface area contributed by atoms with E-state index in [2.05, 4.69) is 4.72 Å². The Hall–Kier alpha value is -1.92. The lowest BCUT2D eigenvalue weighted by Crippen LogP contribution is -2.45. The molecule has 2 aromatic carbocycles. The summed E-state index contributed by atoms with van der Waals surface area (Å²) in [4.78, 5) is -0.207. The van der Waals surface area contributed by atoms with Crippen molar-refractivity contribution in [3.63, 3.8) is 0 Å². The maximum atomic E-state index is 13.4. The zero-order valence-corrected chi connectivity index (χ0v) is 14.2. The lowest BCUT2D eigenvalue weighted by Gasteiger charge is -2.26. The second-order valence-electron chi connectivity index (χ2n) is 5.95. The maximum absolute atomic E-state index is 13.4. The van der Waals surface area contributed by atoms with Crippen molar-refractivity contribution in [2.75, 3.05) is 7.11 Å². The van der Waals surface area contributed by atoms with Crippen LogP contribution in [0.15, 0.2) is 53.4 Å². The molecule has 0 aliphatic rings. The first-order valence-electron chi connectivity index (χ1n) is 7.15. The summed E-state index contributed by atoms with van der Waals surface area (Å²) in [6.45, 7) is 3.56. The van der Waals surface area contributed by atoms with Crippen LogP contribution in [0.4, 0.5) is 4.39 Å². The van der Waals surface area contributed by atoms with Crippen molar-refractivity contribution in [2.24, 2.45) is 0 Å². The van der Waals surface area contributed by atoms with Crippen molar-refractivity contribution in [1.29, 1.82) is 0 Å². The zero-order chi connectivity index (χ0) is 17.1. The number of hydrogen-bond donors (Lipinski definition) is 1. The highest BCUT2D eigenvalue weighted by Gasteiger charge is 2.29. The predicted octanol–water partition coefficient (Wildman–Crippen LogP) is 3.13. The fourth-order valence-electron chi connectivity index (χ4n) is 2.42. The molecule has 2 aromatic rings. The maximum Gasteiger partial charge on any atom is 0.244 e. The van der Waals surface area contributed by atoms with E-state index >= 15 is 0 Å². The van der Waals surface area contributed by atoms with Crippen molar-refractivity contribution in [3.8, 4) is 5.75 Å². The van der Waals surface area contributed by atoms with E-state index in [0.29, 0.717) is 6.42 Å². The molecular formula is C17H20FNO3S. The van der Waals surface area contributed by atoms with Crippen LogP contribution >= 0.6 is 0 Å². The molecule has 0 radical (unpaired) electrons. The van der Waals surface area contributed by atoms with Crippen LogP contribution < -0.4 is 9.46 Å². The summed E-state index contributed by atoms with van der Waals surface area (Å²) in [5.74, 6) is -0.526. The molecule has 1 N–H and O–H groups in total. The van der Waals surface area contributed by atoms with Crippen molar-refractivity contribution >= 4 is 10.0 Å². The average Bonchev–Trinajstić information content (AvgIpc) is 2.46. The van der Waals surface area contributed by atoms with Crippen molar-refractivity contribution in [3.05, 3.63) is 59.9 Å². The molecule has 23 heavy (non-hydrogen) atoms. The minimum Gasteiger partial charge on any atom is -0.495 e. The smallest absolute Gasteiger partial charge is 0.244 e. The van der Waals surface area contributed by atoms with Gasteiger partial charge in [0.25, 0.3) is 0 Å². The molecule has 2 rings (SSSR count). The number of halogens is 1. The molecule has 0 aromatic heterocycles. The third-order valence-electron chi connectivity index (χ3n) is 3.31. The van der Waals surface area contributed by atoms with Crippen molar-refractivity contribution < 1.29 is 17.5 Å². The number of methoxy groups -OCH3 is 1. The van der Waals surface area contributed by atoms with Crippen LogP contribution in [-0.2, 0) is 16.4 Å². The molecule has 0 amide bonds. The molecule has 0 bridgehead atoms. The Bertz CT molecular complexity index is 774. The Balaban J connectivity index is 2.28. The Kier molecular flexibility index (Phi) is 5.06. The SMILES string of the molecule is COc1ccc(F)cc1S(=O)(=O)NC(C)(C)Cc1ccccc1. The van der Waals surface area contributed by atoms with Gasteiger partial charge < -0.3 is 4.74 Å². The molecule has 0 fully saturated rings. The third kappa shape index (κ3) is 4.53. The summed E-state index contributed by atoms with van der Waals surface area (Å²) < 4.78 is 46.3. The van der Waals surface area contributed by atoms with Crippen LogP contribution in [0.3, 0.4) is 0 Å². The molecule has 0 saturated carbocycles. The number of ether oxygens (including phenoxy) is 1. The second-order valence-corrected chi connectivity index (χ2v) is 7.60. The van der Waals surface area contributed by atoms with Gasteiger partial charge in [-0.3, -0.25) is 0 Å². The van der Waals surface area contributed by atoms with Crippen LogP contribution in [-0.4, -0.2) is 21.1 Å². The van der Waals surface area contributed by atoms with Crippen LogP contribution in [0.2, 0.25) is 0 Å². The first-order chi connectivity index (χ1) is 10.7. The van der Waals surface area contributed by atoms with Gasteiger partial charge in [0.2, 0.25) is 10.0 Å².